The Morgan fingerprint density at radius 1 is 0.941 bits per heavy atom. The number of carbonyl (C=O) groups excluding carboxylic acids is 2. The maximum absolute atomic E-state index is 13.7. The van der Waals surface area contributed by atoms with Gasteiger partial charge in [0, 0.05) is 18.7 Å². The van der Waals surface area contributed by atoms with Crippen LogP contribution in [0.4, 0.5) is 13.2 Å². The number of rotatable bonds is 2. The molecule has 1 atom stereocenters. The molecule has 2 aliphatic heterocycles. The van der Waals surface area contributed by atoms with Crippen molar-refractivity contribution in [2.24, 2.45) is 0 Å². The molecule has 1 aliphatic carbocycles. The molecule has 0 N–H and O–H groups in total. The van der Waals surface area contributed by atoms with E-state index in [0.717, 1.165) is 43.4 Å². The summed E-state index contributed by atoms with van der Waals surface area (Å²) in [4.78, 5) is 30.7. The van der Waals surface area contributed by atoms with Crippen molar-refractivity contribution in [1.82, 2.24) is 9.80 Å². The van der Waals surface area contributed by atoms with Gasteiger partial charge in [-0.2, -0.15) is 13.2 Å². The van der Waals surface area contributed by atoms with Crippen LogP contribution in [-0.4, -0.2) is 46.5 Å². The van der Waals surface area contributed by atoms with E-state index in [2.05, 4.69) is 6.07 Å². The minimum Gasteiger partial charge on any atom is -0.353 e. The lowest BCUT2D eigenvalue weighted by Gasteiger charge is -2.42. The van der Waals surface area contributed by atoms with E-state index >= 15 is 0 Å². The van der Waals surface area contributed by atoms with Crippen molar-refractivity contribution in [2.45, 2.75) is 63.0 Å². The van der Waals surface area contributed by atoms with Gasteiger partial charge in [0.15, 0.2) is 0 Å². The average Bonchev–Trinajstić information content (AvgIpc) is 3.20. The van der Waals surface area contributed by atoms with Gasteiger partial charge < -0.3 is 9.64 Å². The van der Waals surface area contributed by atoms with E-state index in [-0.39, 0.29) is 18.1 Å². The summed E-state index contributed by atoms with van der Waals surface area (Å²) in [5, 5.41) is 0. The summed E-state index contributed by atoms with van der Waals surface area (Å²) < 4.78 is 45.2. The summed E-state index contributed by atoms with van der Waals surface area (Å²) in [6.45, 7) is 1.13. The standard InChI is InChI=1S/C26H27F3N2O3/c27-26(28,29)21-10-8-19(9-11-21)23(32)31-22(17-34-25(31)13-4-1-5-14-25)24(33)30-15-12-18-6-2-3-7-20(18)16-30/h2-3,6-11,22H,1,4-5,12-17H2. The second-order valence-electron chi connectivity index (χ2n) is 9.36. The van der Waals surface area contributed by atoms with Gasteiger partial charge in [0.05, 0.1) is 12.2 Å². The first-order valence-corrected chi connectivity index (χ1v) is 11.8. The minimum atomic E-state index is -4.48. The predicted molar refractivity (Wildman–Crippen MR) is 119 cm³/mol. The summed E-state index contributed by atoms with van der Waals surface area (Å²) in [7, 11) is 0. The number of fused-ring (bicyclic) bond motifs is 1. The fraction of sp³-hybridized carbons (Fsp3) is 0.462. The Morgan fingerprint density at radius 3 is 2.29 bits per heavy atom. The third-order valence-corrected chi connectivity index (χ3v) is 7.30. The van der Waals surface area contributed by atoms with Crippen molar-refractivity contribution < 1.29 is 27.5 Å². The van der Waals surface area contributed by atoms with Gasteiger partial charge in [-0.05, 0) is 67.5 Å². The zero-order valence-corrected chi connectivity index (χ0v) is 18.8. The molecule has 3 aliphatic rings. The molecule has 5 rings (SSSR count). The number of benzene rings is 2. The lowest BCUT2D eigenvalue weighted by atomic mass is 9.89. The summed E-state index contributed by atoms with van der Waals surface area (Å²) in [6.07, 6.45) is 0.260. The largest absolute Gasteiger partial charge is 0.416 e. The van der Waals surface area contributed by atoms with Gasteiger partial charge in [0.2, 0.25) is 5.91 Å². The molecule has 2 aromatic carbocycles. The Bertz CT molecular complexity index is 1080. The van der Waals surface area contributed by atoms with E-state index < -0.39 is 29.4 Å². The Kier molecular flexibility index (Phi) is 5.88. The maximum Gasteiger partial charge on any atom is 0.416 e. The molecule has 0 bridgehead atoms. The highest BCUT2D eigenvalue weighted by Gasteiger charge is 2.53. The number of halogens is 3. The Hall–Kier alpha value is -2.87. The summed E-state index contributed by atoms with van der Waals surface area (Å²) >= 11 is 0. The van der Waals surface area contributed by atoms with E-state index in [4.69, 9.17) is 4.74 Å². The number of hydrogen-bond donors (Lipinski definition) is 0. The van der Waals surface area contributed by atoms with Crippen molar-refractivity contribution in [1.29, 1.82) is 0 Å². The van der Waals surface area contributed by atoms with E-state index in [0.29, 0.717) is 25.9 Å². The van der Waals surface area contributed by atoms with Crippen molar-refractivity contribution in [3.05, 3.63) is 70.8 Å². The smallest absolute Gasteiger partial charge is 0.353 e. The van der Waals surface area contributed by atoms with Crippen molar-refractivity contribution in [2.75, 3.05) is 13.2 Å². The van der Waals surface area contributed by atoms with Crippen molar-refractivity contribution in [3.8, 4) is 0 Å². The lowest BCUT2D eigenvalue weighted by Crippen LogP contribution is -2.57. The van der Waals surface area contributed by atoms with Gasteiger partial charge >= 0.3 is 6.18 Å². The monoisotopic (exact) mass is 472 g/mol. The first kappa shape index (κ1) is 22.9. The molecular weight excluding hydrogens is 445 g/mol. The SMILES string of the molecule is O=C(C1COC2(CCCCC2)N1C(=O)c1ccc(C(F)(F)F)cc1)N1CCc2ccccc2C1. The summed E-state index contributed by atoms with van der Waals surface area (Å²) in [6, 6.07) is 11.4. The predicted octanol–water partition coefficient (Wildman–Crippen LogP) is 4.79. The number of ether oxygens (including phenoxy) is 1. The fourth-order valence-corrected chi connectivity index (χ4v) is 5.50. The van der Waals surface area contributed by atoms with Crippen molar-refractivity contribution in [3.63, 3.8) is 0 Å². The quantitative estimate of drug-likeness (QED) is 0.632. The van der Waals surface area contributed by atoms with Gasteiger partial charge in [-0.1, -0.05) is 30.7 Å². The molecule has 8 heteroatoms. The third-order valence-electron chi connectivity index (χ3n) is 7.30. The summed E-state index contributed by atoms with van der Waals surface area (Å²) in [5.74, 6) is -0.624. The average molecular weight is 473 g/mol. The topological polar surface area (TPSA) is 49.9 Å². The third kappa shape index (κ3) is 4.08. The van der Waals surface area contributed by atoms with Gasteiger partial charge in [-0.3, -0.25) is 14.5 Å². The normalized spacial score (nSPS) is 22.0. The molecule has 34 heavy (non-hydrogen) atoms. The Morgan fingerprint density at radius 2 is 1.62 bits per heavy atom. The molecule has 2 amide bonds. The van der Waals surface area contributed by atoms with Gasteiger partial charge in [-0.15, -0.1) is 0 Å². The first-order valence-electron chi connectivity index (χ1n) is 11.8. The highest BCUT2D eigenvalue weighted by molar-refractivity contribution is 5.98. The highest BCUT2D eigenvalue weighted by Crippen LogP contribution is 2.42. The zero-order chi connectivity index (χ0) is 23.9. The number of amides is 2. The van der Waals surface area contributed by atoms with Crippen LogP contribution in [0, 0.1) is 0 Å². The first-order chi connectivity index (χ1) is 16.3. The van der Waals surface area contributed by atoms with Crippen LogP contribution in [0.2, 0.25) is 0 Å². The molecular formula is C26H27F3N2O3. The van der Waals surface area contributed by atoms with E-state index in [9.17, 15) is 22.8 Å². The number of nitrogens with zero attached hydrogens (tertiary/aromatic N) is 2. The second-order valence-corrected chi connectivity index (χ2v) is 9.36. The second kappa shape index (κ2) is 8.73. The van der Waals surface area contributed by atoms with E-state index in [1.165, 1.54) is 22.6 Å². The van der Waals surface area contributed by atoms with Gasteiger partial charge in [0.1, 0.15) is 11.8 Å². The van der Waals surface area contributed by atoms with E-state index in [1.807, 2.05) is 18.2 Å². The van der Waals surface area contributed by atoms with Crippen molar-refractivity contribution >= 4 is 11.8 Å². The van der Waals surface area contributed by atoms with Crippen LogP contribution >= 0.6 is 0 Å². The molecule has 5 nitrogen and oxygen atoms in total. The Balaban J connectivity index is 1.44. The van der Waals surface area contributed by atoms with Crippen LogP contribution in [0.5, 0.6) is 0 Å². The molecule has 1 unspecified atom stereocenters. The van der Waals surface area contributed by atoms with Crippen LogP contribution in [-0.2, 0) is 28.7 Å². The molecule has 0 radical (unpaired) electrons. The molecule has 180 valence electrons. The van der Waals surface area contributed by atoms with Crippen LogP contribution in [0.3, 0.4) is 0 Å². The molecule has 2 aromatic rings. The van der Waals surface area contributed by atoms with Crippen LogP contribution in [0.1, 0.15) is 59.2 Å². The van der Waals surface area contributed by atoms with E-state index in [1.54, 1.807) is 4.90 Å². The molecule has 0 aromatic heterocycles. The molecule has 2 heterocycles. The maximum atomic E-state index is 13.7. The molecule has 1 saturated heterocycles. The minimum absolute atomic E-state index is 0.101. The van der Waals surface area contributed by atoms with Crippen LogP contribution < -0.4 is 0 Å². The molecule has 2 fully saturated rings. The Labute approximate surface area is 196 Å². The lowest BCUT2D eigenvalue weighted by molar-refractivity contribution is -0.138. The van der Waals surface area contributed by atoms with Crippen LogP contribution in [0.25, 0.3) is 0 Å². The number of carbonyl (C=O) groups is 2. The highest BCUT2D eigenvalue weighted by atomic mass is 19.4. The number of hydrogen-bond acceptors (Lipinski definition) is 3. The number of alkyl halides is 3. The molecule has 1 spiro atoms. The summed E-state index contributed by atoms with van der Waals surface area (Å²) in [5.41, 5.74) is 0.745. The van der Waals surface area contributed by atoms with Gasteiger partial charge in [0.25, 0.3) is 5.91 Å². The fourth-order valence-electron chi connectivity index (χ4n) is 5.50. The molecule has 1 saturated carbocycles. The van der Waals surface area contributed by atoms with Gasteiger partial charge in [-0.25, -0.2) is 0 Å². The zero-order valence-electron chi connectivity index (χ0n) is 18.8. The van der Waals surface area contributed by atoms with Crippen LogP contribution in [0.15, 0.2) is 48.5 Å².